The molecule has 4 rings (SSSR count). The molecule has 0 bridgehead atoms. The van der Waals surface area contributed by atoms with Crippen LogP contribution in [0.1, 0.15) is 0 Å². The highest BCUT2D eigenvalue weighted by atomic mass is 35.5. The van der Waals surface area contributed by atoms with Gasteiger partial charge in [0, 0.05) is 33.0 Å². The van der Waals surface area contributed by atoms with Crippen molar-refractivity contribution in [2.24, 2.45) is 0 Å². The molecule has 4 aromatic rings. The number of carbonyl (C=O) groups is 1. The second kappa shape index (κ2) is 9.68. The first kappa shape index (κ1) is 22.3. The summed E-state index contributed by atoms with van der Waals surface area (Å²) in [6, 6.07) is 17.4. The molecular weight excluding hydrogens is 477 g/mol. The molecule has 3 aromatic carbocycles. The molecule has 0 aliphatic carbocycles. The van der Waals surface area contributed by atoms with E-state index in [2.05, 4.69) is 15.5 Å². The SMILES string of the molecule is O=C(CSc1nnc(-c2ccc(Cl)cc2)n1-c1ccc(Cl)cc1)Nc1ccc(F)c(F)c1. The fourth-order valence-electron chi connectivity index (χ4n) is 2.87. The van der Waals surface area contributed by atoms with Gasteiger partial charge >= 0.3 is 0 Å². The largest absolute Gasteiger partial charge is 0.325 e. The van der Waals surface area contributed by atoms with Gasteiger partial charge in [-0.3, -0.25) is 9.36 Å². The predicted molar refractivity (Wildman–Crippen MR) is 123 cm³/mol. The van der Waals surface area contributed by atoms with Crippen LogP contribution in [0.15, 0.2) is 71.9 Å². The lowest BCUT2D eigenvalue weighted by Gasteiger charge is -2.11. The van der Waals surface area contributed by atoms with Crippen LogP contribution in [0.2, 0.25) is 10.0 Å². The van der Waals surface area contributed by atoms with Crippen molar-refractivity contribution in [2.45, 2.75) is 5.16 Å². The zero-order valence-corrected chi connectivity index (χ0v) is 18.6. The number of hydrogen-bond donors (Lipinski definition) is 1. The second-order valence-electron chi connectivity index (χ2n) is 6.59. The molecule has 0 spiro atoms. The highest BCUT2D eigenvalue weighted by Crippen LogP contribution is 2.29. The molecule has 162 valence electrons. The van der Waals surface area contributed by atoms with Crippen LogP contribution in [0.3, 0.4) is 0 Å². The molecule has 0 radical (unpaired) electrons. The van der Waals surface area contributed by atoms with E-state index in [0.29, 0.717) is 21.0 Å². The molecule has 0 saturated heterocycles. The summed E-state index contributed by atoms with van der Waals surface area (Å²) in [6.45, 7) is 0. The highest BCUT2D eigenvalue weighted by Gasteiger charge is 2.18. The predicted octanol–water partition coefficient (Wildman–Crippen LogP) is 6.25. The molecule has 0 unspecified atom stereocenters. The van der Waals surface area contributed by atoms with E-state index in [4.69, 9.17) is 23.2 Å². The summed E-state index contributed by atoms with van der Waals surface area (Å²) < 4.78 is 28.2. The molecule has 0 saturated carbocycles. The average molecular weight is 491 g/mol. The van der Waals surface area contributed by atoms with Gasteiger partial charge in [0.1, 0.15) is 0 Å². The maximum Gasteiger partial charge on any atom is 0.234 e. The maximum atomic E-state index is 13.4. The lowest BCUT2D eigenvalue weighted by molar-refractivity contribution is -0.113. The first-order chi connectivity index (χ1) is 15.4. The number of thioether (sulfide) groups is 1. The Balaban J connectivity index is 1.59. The van der Waals surface area contributed by atoms with Crippen molar-refractivity contribution in [2.75, 3.05) is 11.1 Å². The van der Waals surface area contributed by atoms with Crippen LogP contribution in [0.5, 0.6) is 0 Å². The van der Waals surface area contributed by atoms with Crippen molar-refractivity contribution < 1.29 is 13.6 Å². The van der Waals surface area contributed by atoms with Crippen molar-refractivity contribution in [3.8, 4) is 17.1 Å². The Hall–Kier alpha value is -2.94. The van der Waals surface area contributed by atoms with Crippen LogP contribution >= 0.6 is 35.0 Å². The molecule has 1 heterocycles. The van der Waals surface area contributed by atoms with Crippen molar-refractivity contribution in [1.29, 1.82) is 0 Å². The molecule has 5 nitrogen and oxygen atoms in total. The third kappa shape index (κ3) is 5.09. The molecule has 1 aromatic heterocycles. The van der Waals surface area contributed by atoms with Crippen LogP contribution in [-0.4, -0.2) is 26.4 Å². The van der Waals surface area contributed by atoms with Crippen molar-refractivity contribution in [1.82, 2.24) is 14.8 Å². The molecule has 0 aliphatic rings. The number of nitrogens with zero attached hydrogens (tertiary/aromatic N) is 3. The summed E-state index contributed by atoms with van der Waals surface area (Å²) in [6.07, 6.45) is 0. The van der Waals surface area contributed by atoms with E-state index < -0.39 is 17.5 Å². The van der Waals surface area contributed by atoms with Gasteiger partial charge in [-0.05, 0) is 60.7 Å². The van der Waals surface area contributed by atoms with E-state index in [-0.39, 0.29) is 11.4 Å². The number of aromatic nitrogens is 3. The number of halogens is 4. The smallest absolute Gasteiger partial charge is 0.234 e. The summed E-state index contributed by atoms with van der Waals surface area (Å²) in [5, 5.41) is 12.7. The van der Waals surface area contributed by atoms with E-state index in [1.807, 2.05) is 24.3 Å². The van der Waals surface area contributed by atoms with Crippen LogP contribution in [-0.2, 0) is 4.79 Å². The van der Waals surface area contributed by atoms with Gasteiger partial charge in [-0.2, -0.15) is 0 Å². The van der Waals surface area contributed by atoms with Crippen LogP contribution in [0.4, 0.5) is 14.5 Å². The number of rotatable bonds is 6. The minimum absolute atomic E-state index is 0.0225. The zero-order valence-electron chi connectivity index (χ0n) is 16.2. The minimum atomic E-state index is -1.04. The molecule has 32 heavy (non-hydrogen) atoms. The van der Waals surface area contributed by atoms with Gasteiger partial charge in [0.05, 0.1) is 5.75 Å². The molecular formula is C22H14Cl2F2N4OS. The summed E-state index contributed by atoms with van der Waals surface area (Å²) in [7, 11) is 0. The molecule has 0 fully saturated rings. The number of carbonyl (C=O) groups excluding carboxylic acids is 1. The lowest BCUT2D eigenvalue weighted by atomic mass is 10.2. The van der Waals surface area contributed by atoms with Gasteiger partial charge in [0.2, 0.25) is 5.91 Å². The third-order valence-electron chi connectivity index (χ3n) is 4.36. The number of amides is 1. The number of anilines is 1. The van der Waals surface area contributed by atoms with Gasteiger partial charge in [0.25, 0.3) is 0 Å². The summed E-state index contributed by atoms with van der Waals surface area (Å²) in [4.78, 5) is 12.4. The standard InChI is InChI=1S/C22H14Cl2F2N4OS/c23-14-3-1-13(2-4-14)21-28-29-22(30(21)17-8-5-15(24)6-9-17)32-12-20(31)27-16-7-10-18(25)19(26)11-16/h1-11H,12H2,(H,27,31). The summed E-state index contributed by atoms with van der Waals surface area (Å²) in [5.41, 5.74) is 1.71. The number of benzene rings is 3. The highest BCUT2D eigenvalue weighted by molar-refractivity contribution is 7.99. The summed E-state index contributed by atoms with van der Waals surface area (Å²) >= 11 is 13.2. The topological polar surface area (TPSA) is 59.8 Å². The van der Waals surface area contributed by atoms with Crippen molar-refractivity contribution in [3.63, 3.8) is 0 Å². The van der Waals surface area contributed by atoms with Crippen molar-refractivity contribution in [3.05, 3.63) is 88.4 Å². The Morgan fingerprint density at radius 2 is 1.56 bits per heavy atom. The molecule has 1 N–H and O–H groups in total. The van der Waals surface area contributed by atoms with Crippen LogP contribution in [0.25, 0.3) is 17.1 Å². The van der Waals surface area contributed by atoms with Crippen molar-refractivity contribution >= 4 is 46.6 Å². The Kier molecular flexibility index (Phi) is 6.74. The van der Waals surface area contributed by atoms with Gasteiger partial charge in [-0.25, -0.2) is 8.78 Å². The molecule has 10 heteroatoms. The Bertz CT molecular complexity index is 1260. The summed E-state index contributed by atoms with van der Waals surface area (Å²) in [5.74, 6) is -1.88. The van der Waals surface area contributed by atoms with Crippen LogP contribution < -0.4 is 5.32 Å². The van der Waals surface area contributed by atoms with Gasteiger partial charge < -0.3 is 5.32 Å². The van der Waals surface area contributed by atoms with Gasteiger partial charge in [-0.15, -0.1) is 10.2 Å². The Morgan fingerprint density at radius 1 is 0.906 bits per heavy atom. The maximum absolute atomic E-state index is 13.4. The van der Waals surface area contributed by atoms with Crippen LogP contribution in [0, 0.1) is 11.6 Å². The van der Waals surface area contributed by atoms with E-state index >= 15 is 0 Å². The monoisotopic (exact) mass is 490 g/mol. The quantitative estimate of drug-likeness (QED) is 0.324. The average Bonchev–Trinajstić information content (AvgIpc) is 3.20. The second-order valence-corrected chi connectivity index (χ2v) is 8.41. The minimum Gasteiger partial charge on any atom is -0.325 e. The first-order valence-electron chi connectivity index (χ1n) is 9.26. The van der Waals surface area contributed by atoms with E-state index in [9.17, 15) is 13.6 Å². The fraction of sp³-hybridized carbons (Fsp3) is 0.0455. The number of nitrogens with one attached hydrogen (secondary N) is 1. The van der Waals surface area contributed by atoms with Gasteiger partial charge in [0.15, 0.2) is 22.6 Å². The molecule has 0 aliphatic heterocycles. The fourth-order valence-corrected chi connectivity index (χ4v) is 3.88. The molecule has 1 amide bonds. The Morgan fingerprint density at radius 3 is 2.22 bits per heavy atom. The first-order valence-corrected chi connectivity index (χ1v) is 11.0. The lowest BCUT2D eigenvalue weighted by Crippen LogP contribution is -2.15. The zero-order chi connectivity index (χ0) is 22.7. The molecule has 0 atom stereocenters. The Labute approximate surface area is 196 Å². The third-order valence-corrected chi connectivity index (χ3v) is 5.79. The van der Waals surface area contributed by atoms with E-state index in [1.54, 1.807) is 28.8 Å². The van der Waals surface area contributed by atoms with E-state index in [1.165, 1.54) is 6.07 Å². The normalized spacial score (nSPS) is 10.9. The number of hydrogen-bond acceptors (Lipinski definition) is 4. The van der Waals surface area contributed by atoms with E-state index in [0.717, 1.165) is 35.1 Å². The van der Waals surface area contributed by atoms with Gasteiger partial charge in [-0.1, -0.05) is 35.0 Å².